The van der Waals surface area contributed by atoms with Gasteiger partial charge in [-0.25, -0.2) is 0 Å². The van der Waals surface area contributed by atoms with Crippen molar-refractivity contribution in [3.63, 3.8) is 0 Å². The van der Waals surface area contributed by atoms with Gasteiger partial charge in [0.05, 0.1) is 6.61 Å². The molecule has 0 aromatic rings. The van der Waals surface area contributed by atoms with Crippen molar-refractivity contribution in [3.8, 4) is 0 Å². The summed E-state index contributed by atoms with van der Waals surface area (Å²) in [6, 6.07) is 0.533. The van der Waals surface area contributed by atoms with E-state index in [4.69, 9.17) is 4.74 Å². The molecule has 0 amide bonds. The van der Waals surface area contributed by atoms with E-state index in [9.17, 15) is 0 Å². The average Bonchev–Trinajstić information content (AvgIpc) is 2.20. The molecule has 1 N–H and O–H groups in total. The van der Waals surface area contributed by atoms with Crippen LogP contribution in [-0.4, -0.2) is 25.8 Å². The lowest BCUT2D eigenvalue weighted by Crippen LogP contribution is -2.35. The van der Waals surface area contributed by atoms with E-state index in [-0.39, 0.29) is 0 Å². The molecule has 0 heterocycles. The van der Waals surface area contributed by atoms with Gasteiger partial charge in [0.1, 0.15) is 0 Å². The molecule has 0 radical (unpaired) electrons. The van der Waals surface area contributed by atoms with Crippen molar-refractivity contribution in [2.75, 3.05) is 19.8 Å². The first-order chi connectivity index (χ1) is 7.49. The highest BCUT2D eigenvalue weighted by Gasteiger charge is 2.14. The third kappa shape index (κ3) is 10.4. The molecular formula is C14H31NO. The van der Waals surface area contributed by atoms with E-state index in [1.165, 1.54) is 19.3 Å². The molecule has 0 aromatic heterocycles. The molecule has 0 aliphatic rings. The minimum atomic E-state index is 0.427. The number of hydrogen-bond acceptors (Lipinski definition) is 2. The van der Waals surface area contributed by atoms with Crippen molar-refractivity contribution in [1.29, 1.82) is 0 Å². The predicted molar refractivity (Wildman–Crippen MR) is 71.9 cm³/mol. The maximum absolute atomic E-state index is 5.64. The number of nitrogens with one attached hydrogen (secondary N) is 1. The Bertz CT molecular complexity index is 151. The van der Waals surface area contributed by atoms with Gasteiger partial charge in [-0.1, -0.05) is 34.6 Å². The molecule has 0 bridgehead atoms. The Kier molecular flexibility index (Phi) is 8.96. The fourth-order valence-corrected chi connectivity index (χ4v) is 1.57. The molecule has 1 unspecified atom stereocenters. The summed E-state index contributed by atoms with van der Waals surface area (Å²) in [6.07, 6.45) is 4.77. The van der Waals surface area contributed by atoms with Crippen molar-refractivity contribution < 1.29 is 4.74 Å². The molecule has 0 aliphatic carbocycles. The van der Waals surface area contributed by atoms with Gasteiger partial charge in [-0.05, 0) is 37.6 Å². The van der Waals surface area contributed by atoms with Crippen LogP contribution in [0, 0.1) is 5.41 Å². The van der Waals surface area contributed by atoms with Crippen molar-refractivity contribution in [2.45, 2.75) is 66.3 Å². The molecule has 0 aromatic carbocycles. The summed E-state index contributed by atoms with van der Waals surface area (Å²) in [4.78, 5) is 0. The second kappa shape index (κ2) is 9.00. The molecule has 0 saturated heterocycles. The number of rotatable bonds is 9. The molecule has 2 heteroatoms. The van der Waals surface area contributed by atoms with Gasteiger partial charge in [-0.15, -0.1) is 0 Å². The monoisotopic (exact) mass is 229 g/mol. The summed E-state index contributed by atoms with van der Waals surface area (Å²) in [5.41, 5.74) is 0.427. The SMILES string of the molecule is CCCNC(CCC(C)(C)C)COCCC. The zero-order valence-corrected chi connectivity index (χ0v) is 11.9. The molecule has 0 aliphatic heterocycles. The summed E-state index contributed by atoms with van der Waals surface area (Å²) in [5.74, 6) is 0. The lowest BCUT2D eigenvalue weighted by molar-refractivity contribution is 0.105. The largest absolute Gasteiger partial charge is 0.380 e. The molecule has 0 rings (SSSR count). The zero-order chi connectivity index (χ0) is 12.4. The van der Waals surface area contributed by atoms with E-state index >= 15 is 0 Å². The van der Waals surface area contributed by atoms with Crippen LogP contribution >= 0.6 is 0 Å². The number of ether oxygens (including phenoxy) is 1. The second-order valence-corrected chi connectivity index (χ2v) is 5.83. The molecule has 16 heavy (non-hydrogen) atoms. The molecule has 98 valence electrons. The van der Waals surface area contributed by atoms with Gasteiger partial charge in [0, 0.05) is 12.6 Å². The predicted octanol–water partition coefficient (Wildman–Crippen LogP) is 3.61. The van der Waals surface area contributed by atoms with Crippen LogP contribution in [0.25, 0.3) is 0 Å². The first-order valence-corrected chi connectivity index (χ1v) is 6.80. The van der Waals surface area contributed by atoms with Crippen LogP contribution in [0.5, 0.6) is 0 Å². The normalized spacial score (nSPS) is 14.1. The highest BCUT2D eigenvalue weighted by Crippen LogP contribution is 2.21. The van der Waals surface area contributed by atoms with Gasteiger partial charge >= 0.3 is 0 Å². The van der Waals surface area contributed by atoms with Crippen molar-refractivity contribution in [2.24, 2.45) is 5.41 Å². The molecular weight excluding hydrogens is 198 g/mol. The van der Waals surface area contributed by atoms with Gasteiger partial charge in [-0.2, -0.15) is 0 Å². The smallest absolute Gasteiger partial charge is 0.0619 e. The molecule has 1 atom stereocenters. The van der Waals surface area contributed by atoms with Gasteiger partial charge in [0.15, 0.2) is 0 Å². The minimum absolute atomic E-state index is 0.427. The highest BCUT2D eigenvalue weighted by molar-refractivity contribution is 4.71. The van der Waals surface area contributed by atoms with E-state index in [2.05, 4.69) is 39.9 Å². The van der Waals surface area contributed by atoms with Crippen LogP contribution in [0.2, 0.25) is 0 Å². The molecule has 0 spiro atoms. The summed E-state index contributed by atoms with van der Waals surface area (Å²) in [7, 11) is 0. The van der Waals surface area contributed by atoms with Crippen molar-refractivity contribution in [1.82, 2.24) is 5.32 Å². The fraction of sp³-hybridized carbons (Fsp3) is 1.00. The third-order valence-corrected chi connectivity index (χ3v) is 2.59. The lowest BCUT2D eigenvalue weighted by atomic mass is 9.89. The van der Waals surface area contributed by atoms with Crippen LogP contribution < -0.4 is 5.32 Å². The Morgan fingerprint density at radius 3 is 2.31 bits per heavy atom. The van der Waals surface area contributed by atoms with Gasteiger partial charge in [0.25, 0.3) is 0 Å². The summed E-state index contributed by atoms with van der Waals surface area (Å²) < 4.78 is 5.64. The summed E-state index contributed by atoms with van der Waals surface area (Å²) in [5, 5.41) is 3.58. The van der Waals surface area contributed by atoms with E-state index in [0.717, 1.165) is 26.2 Å². The lowest BCUT2D eigenvalue weighted by Gasteiger charge is -2.24. The first kappa shape index (κ1) is 15.9. The van der Waals surface area contributed by atoms with Crippen LogP contribution in [0.3, 0.4) is 0 Å². The summed E-state index contributed by atoms with van der Waals surface area (Å²) >= 11 is 0. The Hall–Kier alpha value is -0.0800. The topological polar surface area (TPSA) is 21.3 Å². The van der Waals surface area contributed by atoms with Gasteiger partial charge in [0.2, 0.25) is 0 Å². The Labute approximate surface area is 102 Å². The van der Waals surface area contributed by atoms with Crippen LogP contribution in [-0.2, 0) is 4.74 Å². The van der Waals surface area contributed by atoms with E-state index in [1.54, 1.807) is 0 Å². The van der Waals surface area contributed by atoms with Crippen molar-refractivity contribution >= 4 is 0 Å². The molecule has 0 saturated carbocycles. The quantitative estimate of drug-likeness (QED) is 0.610. The van der Waals surface area contributed by atoms with Gasteiger partial charge in [-0.3, -0.25) is 0 Å². The third-order valence-electron chi connectivity index (χ3n) is 2.59. The maximum Gasteiger partial charge on any atom is 0.0619 e. The second-order valence-electron chi connectivity index (χ2n) is 5.83. The van der Waals surface area contributed by atoms with Crippen LogP contribution in [0.1, 0.15) is 60.3 Å². The number of hydrogen-bond donors (Lipinski definition) is 1. The first-order valence-electron chi connectivity index (χ1n) is 6.80. The summed E-state index contributed by atoms with van der Waals surface area (Å²) in [6.45, 7) is 14.1. The Balaban J connectivity index is 3.80. The standard InChI is InChI=1S/C14H31NO/c1-6-10-15-13(12-16-11-7-2)8-9-14(3,4)5/h13,15H,6-12H2,1-5H3. The highest BCUT2D eigenvalue weighted by atomic mass is 16.5. The fourth-order valence-electron chi connectivity index (χ4n) is 1.57. The Morgan fingerprint density at radius 2 is 1.81 bits per heavy atom. The Morgan fingerprint density at radius 1 is 1.12 bits per heavy atom. The minimum Gasteiger partial charge on any atom is -0.380 e. The van der Waals surface area contributed by atoms with Crippen LogP contribution in [0.4, 0.5) is 0 Å². The molecule has 0 fully saturated rings. The molecule has 2 nitrogen and oxygen atoms in total. The van der Waals surface area contributed by atoms with E-state index in [1.807, 2.05) is 0 Å². The van der Waals surface area contributed by atoms with Crippen molar-refractivity contribution in [3.05, 3.63) is 0 Å². The van der Waals surface area contributed by atoms with E-state index in [0.29, 0.717) is 11.5 Å². The van der Waals surface area contributed by atoms with Crippen LogP contribution in [0.15, 0.2) is 0 Å². The zero-order valence-electron chi connectivity index (χ0n) is 11.9. The average molecular weight is 229 g/mol. The van der Waals surface area contributed by atoms with Gasteiger partial charge < -0.3 is 10.1 Å². The van der Waals surface area contributed by atoms with E-state index < -0.39 is 0 Å². The maximum atomic E-state index is 5.64.